The molecule has 5 heteroatoms. The second-order valence-electron chi connectivity index (χ2n) is 3.80. The molecule has 18 heavy (non-hydrogen) atoms. The first-order valence-corrected chi connectivity index (χ1v) is 6.09. The molecular formula is C13H11BrF2N2. The van der Waals surface area contributed by atoms with Crippen LogP contribution < -0.4 is 11.1 Å². The van der Waals surface area contributed by atoms with Crippen LogP contribution in [-0.2, 0) is 6.54 Å². The van der Waals surface area contributed by atoms with Crippen LogP contribution in [0.15, 0.2) is 40.9 Å². The minimum Gasteiger partial charge on any atom is -0.399 e. The van der Waals surface area contributed by atoms with Gasteiger partial charge in [-0.3, -0.25) is 0 Å². The van der Waals surface area contributed by atoms with E-state index in [-0.39, 0.29) is 11.4 Å². The van der Waals surface area contributed by atoms with E-state index in [1.807, 2.05) is 24.3 Å². The molecule has 0 amide bonds. The summed E-state index contributed by atoms with van der Waals surface area (Å²) in [5.74, 6) is -1.39. The predicted molar refractivity (Wildman–Crippen MR) is 72.2 cm³/mol. The molecule has 0 aliphatic carbocycles. The Labute approximate surface area is 112 Å². The molecule has 94 valence electrons. The summed E-state index contributed by atoms with van der Waals surface area (Å²) in [6.45, 7) is 0.319. The molecule has 0 bridgehead atoms. The van der Waals surface area contributed by atoms with E-state index in [9.17, 15) is 8.78 Å². The van der Waals surface area contributed by atoms with Gasteiger partial charge in [-0.1, -0.05) is 34.1 Å². The number of benzene rings is 2. The molecule has 0 fully saturated rings. The molecule has 3 N–H and O–H groups in total. The fraction of sp³-hybridized carbons (Fsp3) is 0.0769. The van der Waals surface area contributed by atoms with Gasteiger partial charge >= 0.3 is 0 Å². The van der Waals surface area contributed by atoms with Crippen molar-refractivity contribution in [2.75, 3.05) is 11.1 Å². The van der Waals surface area contributed by atoms with Crippen LogP contribution >= 0.6 is 15.9 Å². The van der Waals surface area contributed by atoms with Crippen LogP contribution in [0.2, 0.25) is 0 Å². The summed E-state index contributed by atoms with van der Waals surface area (Å²) in [6, 6.07) is 9.64. The van der Waals surface area contributed by atoms with Crippen molar-refractivity contribution in [3.8, 4) is 0 Å². The van der Waals surface area contributed by atoms with Gasteiger partial charge in [0.25, 0.3) is 0 Å². The number of hydrogen-bond donors (Lipinski definition) is 2. The van der Waals surface area contributed by atoms with Gasteiger partial charge in [-0.05, 0) is 23.8 Å². The number of anilines is 2. The van der Waals surface area contributed by atoms with E-state index >= 15 is 0 Å². The molecule has 0 radical (unpaired) electrons. The average molecular weight is 313 g/mol. The molecular weight excluding hydrogens is 302 g/mol. The Bertz CT molecular complexity index is 550. The molecule has 2 nitrogen and oxygen atoms in total. The fourth-order valence-electron chi connectivity index (χ4n) is 1.59. The number of halogens is 3. The van der Waals surface area contributed by atoms with Crippen LogP contribution in [0.25, 0.3) is 0 Å². The van der Waals surface area contributed by atoms with Crippen molar-refractivity contribution in [1.82, 2.24) is 0 Å². The lowest BCUT2D eigenvalue weighted by atomic mass is 10.2. The first-order chi connectivity index (χ1) is 8.58. The van der Waals surface area contributed by atoms with Crippen LogP contribution in [0.3, 0.4) is 0 Å². The fourth-order valence-corrected chi connectivity index (χ4v) is 2.01. The second-order valence-corrected chi connectivity index (χ2v) is 4.66. The van der Waals surface area contributed by atoms with Crippen LogP contribution in [0, 0.1) is 11.6 Å². The second kappa shape index (κ2) is 5.35. The topological polar surface area (TPSA) is 38.0 Å². The molecule has 0 heterocycles. The third-order valence-electron chi connectivity index (χ3n) is 2.48. The first-order valence-electron chi connectivity index (χ1n) is 5.29. The van der Waals surface area contributed by atoms with Crippen molar-refractivity contribution < 1.29 is 8.78 Å². The molecule has 0 atom stereocenters. The first kappa shape index (κ1) is 12.8. The van der Waals surface area contributed by atoms with Crippen molar-refractivity contribution in [2.24, 2.45) is 0 Å². The summed E-state index contributed by atoms with van der Waals surface area (Å²) in [5.41, 5.74) is 6.15. The van der Waals surface area contributed by atoms with E-state index < -0.39 is 11.6 Å². The monoisotopic (exact) mass is 312 g/mol. The number of rotatable bonds is 3. The molecule has 2 rings (SSSR count). The zero-order chi connectivity index (χ0) is 13.1. The zero-order valence-corrected chi connectivity index (χ0v) is 11.0. The summed E-state index contributed by atoms with van der Waals surface area (Å²) in [6.07, 6.45) is 0. The Morgan fingerprint density at radius 1 is 1.11 bits per heavy atom. The molecule has 2 aromatic carbocycles. The van der Waals surface area contributed by atoms with Gasteiger partial charge in [-0.2, -0.15) is 0 Å². The molecule has 0 aliphatic rings. The van der Waals surface area contributed by atoms with E-state index in [1.165, 1.54) is 0 Å². The predicted octanol–water partition coefficient (Wildman–Crippen LogP) is 3.92. The van der Waals surface area contributed by atoms with Crippen molar-refractivity contribution in [1.29, 1.82) is 0 Å². The lowest BCUT2D eigenvalue weighted by Gasteiger charge is -2.10. The maximum absolute atomic E-state index is 13.5. The van der Waals surface area contributed by atoms with Gasteiger partial charge in [0, 0.05) is 16.7 Å². The van der Waals surface area contributed by atoms with Crippen LogP contribution in [0.1, 0.15) is 5.56 Å². The van der Waals surface area contributed by atoms with Gasteiger partial charge in [0.1, 0.15) is 5.69 Å². The van der Waals surface area contributed by atoms with Gasteiger partial charge in [0.2, 0.25) is 0 Å². The van der Waals surface area contributed by atoms with Crippen LogP contribution in [-0.4, -0.2) is 0 Å². The van der Waals surface area contributed by atoms with Crippen LogP contribution in [0.4, 0.5) is 20.2 Å². The Morgan fingerprint density at radius 2 is 1.72 bits per heavy atom. The highest BCUT2D eigenvalue weighted by atomic mass is 79.9. The number of nitrogen functional groups attached to an aromatic ring is 1. The molecule has 0 saturated heterocycles. The summed E-state index contributed by atoms with van der Waals surface area (Å²) < 4.78 is 27.9. The quantitative estimate of drug-likeness (QED) is 0.843. The standard InChI is InChI=1S/C13H11BrF2N2/c14-10-4-2-1-3-8(10)7-18-13-11(15)5-9(17)6-12(13)16/h1-6,18H,7,17H2. The van der Waals surface area contributed by atoms with Gasteiger partial charge < -0.3 is 11.1 Å². The minimum absolute atomic E-state index is 0.0661. The van der Waals surface area contributed by atoms with Crippen molar-refractivity contribution >= 4 is 27.3 Å². The zero-order valence-electron chi connectivity index (χ0n) is 9.38. The van der Waals surface area contributed by atoms with Gasteiger partial charge in [-0.15, -0.1) is 0 Å². The van der Waals surface area contributed by atoms with E-state index in [2.05, 4.69) is 21.2 Å². The minimum atomic E-state index is -0.695. The molecule has 0 aromatic heterocycles. The van der Waals surface area contributed by atoms with Crippen molar-refractivity contribution in [3.63, 3.8) is 0 Å². The normalized spacial score (nSPS) is 10.4. The molecule has 0 unspecified atom stereocenters. The van der Waals surface area contributed by atoms with E-state index in [0.29, 0.717) is 6.54 Å². The summed E-state index contributed by atoms with van der Waals surface area (Å²) in [7, 11) is 0. The van der Waals surface area contributed by atoms with Gasteiger partial charge in [0.15, 0.2) is 11.6 Å². The van der Waals surface area contributed by atoms with Gasteiger partial charge in [-0.25, -0.2) is 8.78 Å². The number of hydrogen-bond acceptors (Lipinski definition) is 2. The smallest absolute Gasteiger partial charge is 0.151 e. The Balaban J connectivity index is 2.19. The number of nitrogens with one attached hydrogen (secondary N) is 1. The summed E-state index contributed by atoms with van der Waals surface area (Å²) in [5, 5.41) is 2.73. The van der Waals surface area contributed by atoms with E-state index in [4.69, 9.17) is 5.73 Å². The maximum Gasteiger partial charge on any atom is 0.151 e. The molecule has 0 spiro atoms. The Kier molecular flexibility index (Phi) is 3.81. The van der Waals surface area contributed by atoms with E-state index in [0.717, 1.165) is 22.2 Å². The SMILES string of the molecule is Nc1cc(F)c(NCc2ccccc2Br)c(F)c1. The highest BCUT2D eigenvalue weighted by Gasteiger charge is 2.10. The van der Waals surface area contributed by atoms with Crippen molar-refractivity contribution in [3.05, 3.63) is 58.1 Å². The maximum atomic E-state index is 13.5. The highest BCUT2D eigenvalue weighted by molar-refractivity contribution is 9.10. The molecule has 0 saturated carbocycles. The summed E-state index contributed by atoms with van der Waals surface area (Å²) in [4.78, 5) is 0. The third kappa shape index (κ3) is 2.79. The third-order valence-corrected chi connectivity index (χ3v) is 3.25. The number of nitrogens with two attached hydrogens (primary N) is 1. The van der Waals surface area contributed by atoms with Gasteiger partial charge in [0.05, 0.1) is 0 Å². The largest absolute Gasteiger partial charge is 0.399 e. The average Bonchev–Trinajstić information content (AvgIpc) is 2.30. The summed E-state index contributed by atoms with van der Waals surface area (Å²) >= 11 is 3.37. The van der Waals surface area contributed by atoms with Crippen LogP contribution in [0.5, 0.6) is 0 Å². The Morgan fingerprint density at radius 3 is 2.33 bits per heavy atom. The Hall–Kier alpha value is -1.62. The van der Waals surface area contributed by atoms with E-state index in [1.54, 1.807) is 0 Å². The molecule has 0 aliphatic heterocycles. The van der Waals surface area contributed by atoms with Crippen molar-refractivity contribution in [2.45, 2.75) is 6.54 Å². The lowest BCUT2D eigenvalue weighted by Crippen LogP contribution is -2.05. The highest BCUT2D eigenvalue weighted by Crippen LogP contribution is 2.24. The molecule has 2 aromatic rings. The lowest BCUT2D eigenvalue weighted by molar-refractivity contribution is 0.589.